The number of likely N-dealkylation sites (tertiary alicyclic amines) is 1. The van der Waals surface area contributed by atoms with Crippen LogP contribution in [0.2, 0.25) is 0 Å². The van der Waals surface area contributed by atoms with Crippen LogP contribution in [0.1, 0.15) is 76.1 Å². The topological polar surface area (TPSA) is 78.5 Å². The van der Waals surface area contributed by atoms with Crippen molar-refractivity contribution in [2.45, 2.75) is 84.3 Å². The van der Waals surface area contributed by atoms with Crippen LogP contribution in [0, 0.1) is 17.8 Å². The Balaban J connectivity index is 1.57. The van der Waals surface area contributed by atoms with E-state index in [0.717, 1.165) is 24.8 Å². The average molecular weight is 518 g/mol. The van der Waals surface area contributed by atoms with Crippen LogP contribution in [0.5, 0.6) is 0 Å². The maximum atomic E-state index is 14.1. The monoisotopic (exact) mass is 517 g/mol. The molecule has 1 saturated heterocycles. The molecule has 2 aromatic carbocycles. The third kappa shape index (κ3) is 6.46. The standard InChI is InChI=1S/C32H43N3O3/c1-5-22(4)30(36)34-28(18-23-12-7-6-8-13-23)32(38)35-20-25(21(2)3)19-29(35)31(37)33-27-17-11-15-24-14-9-10-16-26(24)27/h6-10,12-14,16,21-22,25,27-29H,5,11,15,17-20H2,1-4H3,(H,33,37)(H,34,36)/t22-,25+,27-,28+,29+/m1/s1. The van der Waals surface area contributed by atoms with Crippen LogP contribution < -0.4 is 10.6 Å². The summed E-state index contributed by atoms with van der Waals surface area (Å²) in [5.41, 5.74) is 3.46. The van der Waals surface area contributed by atoms with Gasteiger partial charge in [-0.05, 0) is 60.6 Å². The second-order valence-electron chi connectivity index (χ2n) is 11.5. The van der Waals surface area contributed by atoms with Crippen LogP contribution in [0.3, 0.4) is 0 Å². The van der Waals surface area contributed by atoms with Crippen molar-refractivity contribution >= 4 is 17.7 Å². The minimum atomic E-state index is -0.712. The first-order valence-electron chi connectivity index (χ1n) is 14.3. The van der Waals surface area contributed by atoms with E-state index in [2.05, 4.69) is 36.6 Å². The second-order valence-corrected chi connectivity index (χ2v) is 11.5. The molecule has 2 aliphatic rings. The van der Waals surface area contributed by atoms with Crippen LogP contribution in [0.4, 0.5) is 0 Å². The number of amides is 3. The zero-order chi connectivity index (χ0) is 27.2. The Kier molecular flexibility index (Phi) is 9.24. The van der Waals surface area contributed by atoms with Gasteiger partial charge in [0, 0.05) is 18.9 Å². The van der Waals surface area contributed by atoms with E-state index in [0.29, 0.717) is 31.7 Å². The van der Waals surface area contributed by atoms with E-state index in [1.54, 1.807) is 4.90 Å². The third-order valence-electron chi connectivity index (χ3n) is 8.51. The van der Waals surface area contributed by atoms with Gasteiger partial charge < -0.3 is 15.5 Å². The summed E-state index contributed by atoms with van der Waals surface area (Å²) >= 11 is 0. The lowest BCUT2D eigenvalue weighted by molar-refractivity contribution is -0.142. The maximum absolute atomic E-state index is 14.1. The number of carbonyl (C=O) groups excluding carboxylic acids is 3. The van der Waals surface area contributed by atoms with Crippen molar-refractivity contribution in [2.75, 3.05) is 6.54 Å². The molecule has 1 fully saturated rings. The largest absolute Gasteiger partial charge is 0.347 e. The molecule has 2 aromatic rings. The highest BCUT2D eigenvalue weighted by Gasteiger charge is 2.43. The molecule has 0 bridgehead atoms. The van der Waals surface area contributed by atoms with Gasteiger partial charge in [-0.25, -0.2) is 0 Å². The summed E-state index contributed by atoms with van der Waals surface area (Å²) in [6, 6.07) is 16.8. The predicted octanol–water partition coefficient (Wildman–Crippen LogP) is 4.83. The number of rotatable bonds is 9. The first-order chi connectivity index (χ1) is 18.3. The number of benzene rings is 2. The minimum absolute atomic E-state index is 0.0345. The minimum Gasteiger partial charge on any atom is -0.347 e. The molecule has 5 atom stereocenters. The van der Waals surface area contributed by atoms with Crippen molar-refractivity contribution in [3.8, 4) is 0 Å². The molecular formula is C32H43N3O3. The fourth-order valence-electron chi connectivity index (χ4n) is 5.76. The van der Waals surface area contributed by atoms with Crippen molar-refractivity contribution in [3.63, 3.8) is 0 Å². The molecule has 0 spiro atoms. The number of carbonyl (C=O) groups is 3. The maximum Gasteiger partial charge on any atom is 0.246 e. The number of hydrogen-bond acceptors (Lipinski definition) is 3. The highest BCUT2D eigenvalue weighted by atomic mass is 16.2. The highest BCUT2D eigenvalue weighted by Crippen LogP contribution is 2.33. The Labute approximate surface area is 227 Å². The Hall–Kier alpha value is -3.15. The highest BCUT2D eigenvalue weighted by molar-refractivity contribution is 5.93. The first kappa shape index (κ1) is 27.9. The van der Waals surface area contributed by atoms with Gasteiger partial charge in [0.05, 0.1) is 6.04 Å². The van der Waals surface area contributed by atoms with Gasteiger partial charge in [-0.1, -0.05) is 82.3 Å². The third-order valence-corrected chi connectivity index (χ3v) is 8.51. The van der Waals surface area contributed by atoms with E-state index in [1.807, 2.05) is 56.3 Å². The molecule has 2 N–H and O–H groups in total. The van der Waals surface area contributed by atoms with E-state index >= 15 is 0 Å². The molecule has 6 nitrogen and oxygen atoms in total. The lowest BCUT2D eigenvalue weighted by atomic mass is 9.87. The van der Waals surface area contributed by atoms with E-state index in [9.17, 15) is 14.4 Å². The molecule has 1 aliphatic heterocycles. The van der Waals surface area contributed by atoms with Gasteiger partial charge in [-0.15, -0.1) is 0 Å². The number of hydrogen-bond donors (Lipinski definition) is 2. The van der Waals surface area contributed by atoms with Gasteiger partial charge >= 0.3 is 0 Å². The summed E-state index contributed by atoms with van der Waals surface area (Å²) in [5, 5.41) is 6.33. The molecule has 0 aromatic heterocycles. The van der Waals surface area contributed by atoms with Crippen LogP contribution in [0.15, 0.2) is 54.6 Å². The van der Waals surface area contributed by atoms with Gasteiger partial charge in [0.2, 0.25) is 17.7 Å². The summed E-state index contributed by atoms with van der Waals surface area (Å²) in [5.74, 6) is 0.0132. The molecule has 38 heavy (non-hydrogen) atoms. The average Bonchev–Trinajstić information content (AvgIpc) is 3.39. The molecule has 4 rings (SSSR count). The van der Waals surface area contributed by atoms with Crippen LogP contribution >= 0.6 is 0 Å². The Bertz CT molecular complexity index is 1120. The van der Waals surface area contributed by atoms with Crippen LogP contribution in [-0.2, 0) is 27.2 Å². The number of nitrogens with one attached hydrogen (secondary N) is 2. The molecule has 6 heteroatoms. The smallest absolute Gasteiger partial charge is 0.246 e. The van der Waals surface area contributed by atoms with E-state index in [4.69, 9.17) is 0 Å². The second kappa shape index (κ2) is 12.6. The molecule has 204 valence electrons. The van der Waals surface area contributed by atoms with E-state index < -0.39 is 12.1 Å². The summed E-state index contributed by atoms with van der Waals surface area (Å²) in [7, 11) is 0. The van der Waals surface area contributed by atoms with Crippen LogP contribution in [-0.4, -0.2) is 41.2 Å². The molecule has 0 radical (unpaired) electrons. The van der Waals surface area contributed by atoms with Crippen molar-refractivity contribution in [1.29, 1.82) is 0 Å². The van der Waals surface area contributed by atoms with E-state index in [1.165, 1.54) is 11.1 Å². The van der Waals surface area contributed by atoms with Crippen molar-refractivity contribution in [3.05, 3.63) is 71.3 Å². The van der Waals surface area contributed by atoms with Crippen molar-refractivity contribution in [2.24, 2.45) is 17.8 Å². The van der Waals surface area contributed by atoms with Gasteiger partial charge in [0.1, 0.15) is 12.1 Å². The lowest BCUT2D eigenvalue weighted by Gasteiger charge is -2.32. The zero-order valence-corrected chi connectivity index (χ0v) is 23.3. The normalized spacial score (nSPS) is 22.4. The lowest BCUT2D eigenvalue weighted by Crippen LogP contribution is -2.55. The fraction of sp³-hybridized carbons (Fsp3) is 0.531. The molecule has 1 heterocycles. The Morgan fingerprint density at radius 1 is 1.00 bits per heavy atom. The summed E-state index contributed by atoms with van der Waals surface area (Å²) in [6.45, 7) is 8.67. The van der Waals surface area contributed by atoms with Gasteiger partial charge in [-0.3, -0.25) is 14.4 Å². The summed E-state index contributed by atoms with van der Waals surface area (Å²) in [6.07, 6.45) is 4.70. The number of fused-ring (bicyclic) bond motifs is 1. The first-order valence-corrected chi connectivity index (χ1v) is 14.3. The Morgan fingerprint density at radius 2 is 1.71 bits per heavy atom. The zero-order valence-electron chi connectivity index (χ0n) is 23.3. The van der Waals surface area contributed by atoms with Crippen molar-refractivity contribution in [1.82, 2.24) is 15.5 Å². The van der Waals surface area contributed by atoms with Gasteiger partial charge in [-0.2, -0.15) is 0 Å². The SMILES string of the molecule is CC[C@@H](C)C(=O)N[C@@H](Cc1ccccc1)C(=O)N1C[C@@H](C(C)C)C[C@H]1C(=O)N[C@@H]1CCCc2ccccc21. The predicted molar refractivity (Wildman–Crippen MR) is 150 cm³/mol. The quantitative estimate of drug-likeness (QED) is 0.500. The Morgan fingerprint density at radius 3 is 2.42 bits per heavy atom. The molecule has 0 saturated carbocycles. The van der Waals surface area contributed by atoms with Gasteiger partial charge in [0.15, 0.2) is 0 Å². The van der Waals surface area contributed by atoms with Gasteiger partial charge in [0.25, 0.3) is 0 Å². The summed E-state index contributed by atoms with van der Waals surface area (Å²) < 4.78 is 0. The van der Waals surface area contributed by atoms with E-state index in [-0.39, 0.29) is 35.6 Å². The van der Waals surface area contributed by atoms with Crippen molar-refractivity contribution < 1.29 is 14.4 Å². The molecule has 1 aliphatic carbocycles. The fourth-order valence-corrected chi connectivity index (χ4v) is 5.76. The number of aryl methyl sites for hydroxylation is 1. The molecular weight excluding hydrogens is 474 g/mol. The summed E-state index contributed by atoms with van der Waals surface area (Å²) in [4.78, 5) is 42.5. The van der Waals surface area contributed by atoms with Crippen LogP contribution in [0.25, 0.3) is 0 Å². The molecule has 3 amide bonds. The number of nitrogens with zero attached hydrogens (tertiary/aromatic N) is 1. The molecule has 0 unspecified atom stereocenters.